The van der Waals surface area contributed by atoms with Crippen LogP contribution >= 0.6 is 0 Å². The molecule has 0 aliphatic heterocycles. The van der Waals surface area contributed by atoms with Crippen molar-refractivity contribution in [2.45, 2.75) is 86.0 Å². The zero-order chi connectivity index (χ0) is 34.9. The van der Waals surface area contributed by atoms with Crippen LogP contribution in [-0.4, -0.2) is 55.8 Å². The molecule has 0 saturated heterocycles. The molecule has 0 aliphatic rings. The lowest BCUT2D eigenvalue weighted by Crippen LogP contribution is -2.34. The zero-order valence-corrected chi connectivity index (χ0v) is 29.7. The molecule has 3 aromatic carbocycles. The first-order valence-electron chi connectivity index (χ1n) is 17.4. The monoisotopic (exact) mass is 660 g/mol. The fraction of sp³-hybridized carbons (Fsp3) is 0.488. The van der Waals surface area contributed by atoms with Crippen molar-refractivity contribution < 1.29 is 34.0 Å². The van der Waals surface area contributed by atoms with E-state index in [2.05, 4.69) is 37.8 Å². The Bertz CT molecular complexity index is 1410. The quantitative estimate of drug-likeness (QED) is 0.0484. The molecule has 7 heteroatoms. The van der Waals surface area contributed by atoms with Gasteiger partial charge >= 0.3 is 5.97 Å². The van der Waals surface area contributed by atoms with Crippen LogP contribution in [0.5, 0.6) is 17.2 Å². The molecule has 48 heavy (non-hydrogen) atoms. The summed E-state index contributed by atoms with van der Waals surface area (Å²) in [5.41, 5.74) is 5.68. The molecule has 0 unspecified atom stereocenters. The first-order valence-corrected chi connectivity index (χ1v) is 17.4. The average Bonchev–Trinajstić information content (AvgIpc) is 3.08. The predicted molar refractivity (Wildman–Crippen MR) is 193 cm³/mol. The van der Waals surface area contributed by atoms with Gasteiger partial charge in [-0.2, -0.15) is 0 Å². The van der Waals surface area contributed by atoms with Gasteiger partial charge in [-0.3, -0.25) is 0 Å². The van der Waals surface area contributed by atoms with Crippen molar-refractivity contribution in [2.24, 2.45) is 5.41 Å². The number of benzene rings is 3. The molecular formula is C41H56O7. The van der Waals surface area contributed by atoms with Gasteiger partial charge in [0.05, 0.1) is 26.4 Å². The molecule has 0 spiro atoms. The number of carbonyl (C=O) groups excluding carboxylic acids is 1. The highest BCUT2D eigenvalue weighted by Crippen LogP contribution is 2.34. The average molecular weight is 661 g/mol. The summed E-state index contributed by atoms with van der Waals surface area (Å²) in [5.74, 6) is 1.63. The Hall–Kier alpha value is -3.65. The predicted octanol–water partition coefficient (Wildman–Crippen LogP) is 8.36. The van der Waals surface area contributed by atoms with Crippen molar-refractivity contribution in [3.05, 3.63) is 89.0 Å². The number of carbonyl (C=O) groups is 1. The van der Waals surface area contributed by atoms with Crippen LogP contribution in [0, 0.1) is 19.3 Å². The van der Waals surface area contributed by atoms with Gasteiger partial charge in [-0.15, -0.1) is 0 Å². The lowest BCUT2D eigenvalue weighted by molar-refractivity contribution is -0.130. The summed E-state index contributed by atoms with van der Waals surface area (Å²) in [6.45, 7) is 14.7. The van der Waals surface area contributed by atoms with Gasteiger partial charge in [0.2, 0.25) is 0 Å². The Balaban J connectivity index is 1.62. The maximum absolute atomic E-state index is 12.5. The summed E-state index contributed by atoms with van der Waals surface area (Å²) >= 11 is 0. The van der Waals surface area contributed by atoms with E-state index in [9.17, 15) is 15.0 Å². The summed E-state index contributed by atoms with van der Waals surface area (Å²) in [6, 6.07) is 18.3. The van der Waals surface area contributed by atoms with E-state index in [0.717, 1.165) is 45.7 Å². The van der Waals surface area contributed by atoms with E-state index in [4.69, 9.17) is 18.9 Å². The molecular weight excluding hydrogens is 604 g/mol. The molecule has 0 heterocycles. The number of hydrogen-bond donors (Lipinski definition) is 2. The third kappa shape index (κ3) is 11.8. The Labute approximate surface area is 287 Å². The fourth-order valence-corrected chi connectivity index (χ4v) is 5.49. The van der Waals surface area contributed by atoms with E-state index in [0.29, 0.717) is 44.0 Å². The van der Waals surface area contributed by atoms with Crippen LogP contribution in [0.1, 0.15) is 81.5 Å². The number of hydrogen-bond acceptors (Lipinski definition) is 7. The molecule has 0 radical (unpaired) electrons. The third-order valence-electron chi connectivity index (χ3n) is 8.85. The van der Waals surface area contributed by atoms with E-state index in [1.54, 1.807) is 6.92 Å². The van der Waals surface area contributed by atoms with Crippen LogP contribution < -0.4 is 14.2 Å². The molecule has 0 atom stereocenters. The molecule has 0 fully saturated rings. The van der Waals surface area contributed by atoms with Gasteiger partial charge in [0.25, 0.3) is 0 Å². The fourth-order valence-electron chi connectivity index (χ4n) is 5.49. The molecule has 0 aliphatic carbocycles. The number of rotatable bonds is 22. The number of unbranched alkanes of at least 4 members (excludes halogenated alkanes) is 4. The Morgan fingerprint density at radius 1 is 0.792 bits per heavy atom. The molecule has 0 amide bonds. The summed E-state index contributed by atoms with van der Waals surface area (Å²) in [7, 11) is 0. The minimum Gasteiger partial charge on any atom is -0.490 e. The molecule has 7 nitrogen and oxygen atoms in total. The second kappa shape index (κ2) is 20.0. The molecule has 2 N–H and O–H groups in total. The second-order valence-corrected chi connectivity index (χ2v) is 12.9. The van der Waals surface area contributed by atoms with Crippen LogP contribution in [0.2, 0.25) is 0 Å². The summed E-state index contributed by atoms with van der Waals surface area (Å²) in [4.78, 5) is 12.5. The molecule has 0 aromatic heterocycles. The van der Waals surface area contributed by atoms with Crippen molar-refractivity contribution in [2.75, 3.05) is 39.6 Å². The summed E-state index contributed by atoms with van der Waals surface area (Å²) < 4.78 is 23.7. The van der Waals surface area contributed by atoms with Gasteiger partial charge in [0.15, 0.2) is 0 Å². The molecule has 3 aromatic rings. The van der Waals surface area contributed by atoms with E-state index < -0.39 is 11.4 Å². The minimum atomic E-state index is -0.670. The SMILES string of the molecule is C=C(C)C(=O)Oc1cc(-c2cc(C)c(OCCOc3ccc(CCCCCCC)cc3)c(C)c2)ccc1CCOCC(CC)(CO)CO. The smallest absolute Gasteiger partial charge is 0.338 e. The van der Waals surface area contributed by atoms with Crippen molar-refractivity contribution >= 4 is 5.97 Å². The zero-order valence-electron chi connectivity index (χ0n) is 29.7. The summed E-state index contributed by atoms with van der Waals surface area (Å²) in [5, 5.41) is 19.4. The molecule has 262 valence electrons. The number of esters is 1. The first-order chi connectivity index (χ1) is 23.1. The number of ether oxygens (including phenoxy) is 4. The van der Waals surface area contributed by atoms with Crippen LogP contribution in [0.3, 0.4) is 0 Å². The highest BCUT2D eigenvalue weighted by molar-refractivity contribution is 5.89. The van der Waals surface area contributed by atoms with Crippen LogP contribution in [0.15, 0.2) is 66.7 Å². The van der Waals surface area contributed by atoms with Crippen molar-refractivity contribution in [1.29, 1.82) is 0 Å². The van der Waals surface area contributed by atoms with Gasteiger partial charge in [-0.05, 0) is 110 Å². The van der Waals surface area contributed by atoms with Crippen molar-refractivity contribution in [3.63, 3.8) is 0 Å². The van der Waals surface area contributed by atoms with E-state index in [1.165, 1.54) is 37.7 Å². The van der Waals surface area contributed by atoms with E-state index in [1.807, 2.05) is 51.1 Å². The normalized spacial score (nSPS) is 11.4. The van der Waals surface area contributed by atoms with Crippen LogP contribution in [0.4, 0.5) is 0 Å². The highest BCUT2D eigenvalue weighted by atomic mass is 16.5. The summed E-state index contributed by atoms with van der Waals surface area (Å²) in [6.07, 6.45) is 8.63. The van der Waals surface area contributed by atoms with Gasteiger partial charge in [0, 0.05) is 11.0 Å². The van der Waals surface area contributed by atoms with Crippen LogP contribution in [-0.2, 0) is 22.4 Å². The largest absolute Gasteiger partial charge is 0.490 e. The Morgan fingerprint density at radius 3 is 2.08 bits per heavy atom. The highest BCUT2D eigenvalue weighted by Gasteiger charge is 2.27. The number of aliphatic hydroxyl groups excluding tert-OH is 2. The molecule has 3 rings (SSSR count). The number of aliphatic hydroxyl groups is 2. The van der Waals surface area contributed by atoms with Gasteiger partial charge in [-0.1, -0.05) is 70.4 Å². The van der Waals surface area contributed by atoms with Crippen molar-refractivity contribution in [1.82, 2.24) is 0 Å². The standard InChI is InChI=1S/C41H56O7/c1-7-9-10-11-12-13-33-14-18-37(19-15-33)46-22-23-47-39-31(5)24-36(25-32(39)6)35-17-16-34(38(26-35)48-40(44)30(3)4)20-21-45-29-41(8-2,27-42)28-43/h14-19,24-26,42-43H,3,7-13,20-23,27-29H2,1-2,4-6H3. The van der Waals surface area contributed by atoms with E-state index in [-0.39, 0.29) is 19.8 Å². The molecule has 0 saturated carbocycles. The van der Waals surface area contributed by atoms with Gasteiger partial charge in [-0.25, -0.2) is 4.79 Å². The Morgan fingerprint density at radius 2 is 1.46 bits per heavy atom. The third-order valence-corrected chi connectivity index (χ3v) is 8.85. The van der Waals surface area contributed by atoms with Crippen LogP contribution in [0.25, 0.3) is 11.1 Å². The Kier molecular flexibility index (Phi) is 16.2. The minimum absolute atomic E-state index is 0.152. The van der Waals surface area contributed by atoms with E-state index >= 15 is 0 Å². The topological polar surface area (TPSA) is 94.5 Å². The lowest BCUT2D eigenvalue weighted by Gasteiger charge is -2.27. The number of aryl methyl sites for hydroxylation is 3. The van der Waals surface area contributed by atoms with Crippen molar-refractivity contribution in [3.8, 4) is 28.4 Å². The second-order valence-electron chi connectivity index (χ2n) is 12.9. The van der Waals surface area contributed by atoms with Gasteiger partial charge in [0.1, 0.15) is 30.5 Å². The molecule has 0 bridgehead atoms. The maximum Gasteiger partial charge on any atom is 0.338 e. The van der Waals surface area contributed by atoms with Gasteiger partial charge < -0.3 is 29.2 Å². The lowest BCUT2D eigenvalue weighted by atomic mass is 9.88. The first kappa shape index (κ1) is 38.8. The maximum atomic E-state index is 12.5.